The maximum Gasteiger partial charge on any atom is 0.164 e. The van der Waals surface area contributed by atoms with Crippen molar-refractivity contribution in [3.63, 3.8) is 0 Å². The van der Waals surface area contributed by atoms with E-state index in [2.05, 4.69) is 4.37 Å². The van der Waals surface area contributed by atoms with E-state index >= 15 is 0 Å². The number of phenolic OH excluding ortho intramolecular Hbond substituents is 1. The molecule has 0 spiro atoms. The summed E-state index contributed by atoms with van der Waals surface area (Å²) >= 11 is 1.34. The first-order valence-corrected chi connectivity index (χ1v) is 8.53. The zero-order valence-corrected chi connectivity index (χ0v) is 15.7. The summed E-state index contributed by atoms with van der Waals surface area (Å²) in [6.07, 6.45) is 0. The number of aromatic nitrogens is 1. The van der Waals surface area contributed by atoms with Gasteiger partial charge in [-0.15, -0.1) is 0 Å². The average molecular weight is 373 g/mol. The molecule has 0 bridgehead atoms. The molecule has 0 saturated carbocycles. The summed E-state index contributed by atoms with van der Waals surface area (Å²) < 4.78 is 25.8. The van der Waals surface area contributed by atoms with E-state index in [1.807, 2.05) is 18.2 Å². The molecule has 0 fully saturated rings. The number of rotatable bonds is 6. The van der Waals surface area contributed by atoms with Crippen LogP contribution in [-0.2, 0) is 0 Å². The Morgan fingerprint density at radius 2 is 1.42 bits per heavy atom. The largest absolute Gasteiger partial charge is 0.504 e. The Morgan fingerprint density at radius 3 is 2.04 bits per heavy atom. The summed E-state index contributed by atoms with van der Waals surface area (Å²) in [5.74, 6) is 2.36. The van der Waals surface area contributed by atoms with Gasteiger partial charge >= 0.3 is 0 Å². The second-order valence-electron chi connectivity index (χ2n) is 5.37. The molecule has 0 amide bonds. The molecule has 3 aromatic rings. The minimum Gasteiger partial charge on any atom is -0.504 e. The third kappa shape index (κ3) is 3.25. The number of methoxy groups -OCH3 is 4. The van der Waals surface area contributed by atoms with Crippen LogP contribution in [0.15, 0.2) is 36.4 Å². The van der Waals surface area contributed by atoms with Crippen molar-refractivity contribution in [2.24, 2.45) is 0 Å². The van der Waals surface area contributed by atoms with Crippen molar-refractivity contribution >= 4 is 11.5 Å². The van der Waals surface area contributed by atoms with Crippen molar-refractivity contribution < 1.29 is 24.1 Å². The zero-order valence-electron chi connectivity index (χ0n) is 14.9. The van der Waals surface area contributed by atoms with Gasteiger partial charge in [0.25, 0.3) is 0 Å². The molecule has 0 aliphatic rings. The molecule has 136 valence electrons. The SMILES string of the molecule is COc1ccc(-c2cc(-c3cc(OC)c(OC)cc3OC)sn2)cc1O. The van der Waals surface area contributed by atoms with Crippen LogP contribution in [0, 0.1) is 0 Å². The first kappa shape index (κ1) is 17.9. The fourth-order valence-electron chi connectivity index (χ4n) is 2.61. The predicted molar refractivity (Wildman–Crippen MR) is 101 cm³/mol. The van der Waals surface area contributed by atoms with Gasteiger partial charge in [0, 0.05) is 17.2 Å². The first-order chi connectivity index (χ1) is 12.6. The molecule has 1 N–H and O–H groups in total. The lowest BCUT2D eigenvalue weighted by atomic mass is 10.1. The van der Waals surface area contributed by atoms with Crippen molar-refractivity contribution in [2.75, 3.05) is 28.4 Å². The number of benzene rings is 2. The van der Waals surface area contributed by atoms with Crippen molar-refractivity contribution in [3.05, 3.63) is 36.4 Å². The number of ether oxygens (including phenoxy) is 4. The molecular formula is C19H19NO5S. The topological polar surface area (TPSA) is 70.0 Å². The van der Waals surface area contributed by atoms with Crippen molar-refractivity contribution in [1.82, 2.24) is 4.37 Å². The first-order valence-electron chi connectivity index (χ1n) is 7.75. The molecule has 0 radical (unpaired) electrons. The fraction of sp³-hybridized carbons (Fsp3) is 0.211. The Morgan fingerprint density at radius 1 is 0.769 bits per heavy atom. The van der Waals surface area contributed by atoms with Gasteiger partial charge in [0.15, 0.2) is 23.0 Å². The van der Waals surface area contributed by atoms with Gasteiger partial charge in [0.2, 0.25) is 0 Å². The molecule has 26 heavy (non-hydrogen) atoms. The van der Waals surface area contributed by atoms with Crippen molar-refractivity contribution in [2.45, 2.75) is 0 Å². The highest BCUT2D eigenvalue weighted by molar-refractivity contribution is 7.09. The number of hydrogen-bond acceptors (Lipinski definition) is 7. The van der Waals surface area contributed by atoms with Crippen LogP contribution >= 0.6 is 11.5 Å². The van der Waals surface area contributed by atoms with E-state index in [0.717, 1.165) is 21.7 Å². The van der Waals surface area contributed by atoms with Gasteiger partial charge in [-0.2, -0.15) is 4.37 Å². The quantitative estimate of drug-likeness (QED) is 0.698. The molecule has 6 nitrogen and oxygen atoms in total. The Hall–Kier alpha value is -2.93. The highest BCUT2D eigenvalue weighted by atomic mass is 32.1. The normalized spacial score (nSPS) is 10.5. The van der Waals surface area contributed by atoms with Gasteiger partial charge in [-0.3, -0.25) is 0 Å². The lowest BCUT2D eigenvalue weighted by Gasteiger charge is -2.12. The molecular weight excluding hydrogens is 354 g/mol. The van der Waals surface area contributed by atoms with Crippen molar-refractivity contribution in [3.8, 4) is 50.4 Å². The molecule has 2 aromatic carbocycles. The van der Waals surface area contributed by atoms with Crippen LogP contribution < -0.4 is 18.9 Å². The zero-order chi connectivity index (χ0) is 18.7. The molecule has 1 heterocycles. The summed E-state index contributed by atoms with van der Waals surface area (Å²) in [5.41, 5.74) is 2.40. The Labute approximate surface area is 155 Å². The monoisotopic (exact) mass is 373 g/mol. The smallest absolute Gasteiger partial charge is 0.164 e. The average Bonchev–Trinajstić information content (AvgIpc) is 3.16. The molecule has 0 unspecified atom stereocenters. The van der Waals surface area contributed by atoms with Crippen LogP contribution in [0.2, 0.25) is 0 Å². The number of phenols is 1. The summed E-state index contributed by atoms with van der Waals surface area (Å²) in [7, 11) is 6.29. The van der Waals surface area contributed by atoms with Crippen LogP contribution in [0.1, 0.15) is 0 Å². The predicted octanol–water partition coefficient (Wildman–Crippen LogP) is 4.22. The van der Waals surface area contributed by atoms with Crippen LogP contribution in [0.3, 0.4) is 0 Å². The molecule has 0 aliphatic carbocycles. The van der Waals surface area contributed by atoms with E-state index in [4.69, 9.17) is 18.9 Å². The number of nitrogens with zero attached hydrogens (tertiary/aromatic N) is 1. The summed E-state index contributed by atoms with van der Waals surface area (Å²) in [6.45, 7) is 0. The molecule has 1 aromatic heterocycles. The Kier molecular flexibility index (Phi) is 5.18. The van der Waals surface area contributed by atoms with Gasteiger partial charge < -0.3 is 24.1 Å². The summed E-state index contributed by atoms with van der Waals surface area (Å²) in [5, 5.41) is 9.98. The van der Waals surface area contributed by atoms with Gasteiger partial charge in [0.1, 0.15) is 5.75 Å². The van der Waals surface area contributed by atoms with E-state index in [9.17, 15) is 5.11 Å². The Bertz CT molecular complexity index is 922. The highest BCUT2D eigenvalue weighted by Gasteiger charge is 2.16. The molecule has 0 saturated heterocycles. The third-order valence-corrected chi connectivity index (χ3v) is 4.78. The van der Waals surface area contributed by atoms with Gasteiger partial charge in [-0.05, 0) is 41.9 Å². The third-order valence-electron chi connectivity index (χ3n) is 3.96. The molecule has 7 heteroatoms. The maximum absolute atomic E-state index is 9.98. The van der Waals surface area contributed by atoms with Gasteiger partial charge in [-0.25, -0.2) is 0 Å². The minimum absolute atomic E-state index is 0.0725. The van der Waals surface area contributed by atoms with E-state index in [-0.39, 0.29) is 5.75 Å². The van der Waals surface area contributed by atoms with E-state index < -0.39 is 0 Å². The van der Waals surface area contributed by atoms with E-state index in [1.54, 1.807) is 39.5 Å². The number of aromatic hydroxyl groups is 1. The van der Waals surface area contributed by atoms with E-state index in [0.29, 0.717) is 23.0 Å². The maximum atomic E-state index is 9.98. The second-order valence-corrected chi connectivity index (χ2v) is 6.18. The van der Waals surface area contributed by atoms with Crippen molar-refractivity contribution in [1.29, 1.82) is 0 Å². The molecule has 0 aliphatic heterocycles. The van der Waals surface area contributed by atoms with Gasteiger partial charge in [-0.1, -0.05) is 0 Å². The van der Waals surface area contributed by atoms with Crippen LogP contribution in [-0.4, -0.2) is 37.9 Å². The van der Waals surface area contributed by atoms with Crippen LogP contribution in [0.5, 0.6) is 28.7 Å². The molecule has 3 rings (SSSR count). The standard InChI is InChI=1S/C19H19NO5S/c1-22-15-6-5-11(7-14(15)21)13-9-19(26-20-13)12-8-17(24-3)18(25-4)10-16(12)23-2/h5-10,21H,1-4H3. The second kappa shape index (κ2) is 7.53. The summed E-state index contributed by atoms with van der Waals surface area (Å²) in [6, 6.07) is 10.8. The Balaban J connectivity index is 2.03. The molecule has 0 atom stereocenters. The summed E-state index contributed by atoms with van der Waals surface area (Å²) in [4.78, 5) is 0.910. The van der Waals surface area contributed by atoms with E-state index in [1.165, 1.54) is 18.6 Å². The lowest BCUT2D eigenvalue weighted by molar-refractivity contribution is 0.349. The fourth-order valence-corrected chi connectivity index (χ4v) is 3.39. The minimum atomic E-state index is 0.0725. The van der Waals surface area contributed by atoms with Gasteiger partial charge in [0.05, 0.1) is 39.0 Å². The van der Waals surface area contributed by atoms with Crippen LogP contribution in [0.25, 0.3) is 21.7 Å². The van der Waals surface area contributed by atoms with Crippen LogP contribution in [0.4, 0.5) is 0 Å². The number of hydrogen-bond donors (Lipinski definition) is 1. The highest BCUT2D eigenvalue weighted by Crippen LogP contribution is 2.42. The lowest BCUT2D eigenvalue weighted by Crippen LogP contribution is -1.94.